The zero-order valence-corrected chi connectivity index (χ0v) is 32.6. The highest BCUT2D eigenvalue weighted by atomic mass is 15.2. The fourth-order valence-electron chi connectivity index (χ4n) is 9.42. The molecule has 0 spiro atoms. The highest BCUT2D eigenvalue weighted by Crippen LogP contribution is 2.48. The lowest BCUT2D eigenvalue weighted by Crippen LogP contribution is -2.28. The summed E-state index contributed by atoms with van der Waals surface area (Å²) in [5.74, 6) is 2.14. The van der Waals surface area contributed by atoms with E-state index >= 15 is 0 Å². The van der Waals surface area contributed by atoms with Crippen molar-refractivity contribution in [3.05, 3.63) is 218 Å². The molecule has 2 unspecified atom stereocenters. The van der Waals surface area contributed by atoms with Crippen molar-refractivity contribution in [3.8, 4) is 51.0 Å². The van der Waals surface area contributed by atoms with Crippen molar-refractivity contribution in [2.24, 2.45) is 0 Å². The van der Waals surface area contributed by atoms with Crippen LogP contribution in [-0.2, 0) is 0 Å². The molecule has 0 saturated carbocycles. The molecular formula is C55H37N5. The Hall–Kier alpha value is -7.89. The van der Waals surface area contributed by atoms with Crippen LogP contribution in [0.5, 0.6) is 0 Å². The molecule has 0 saturated heterocycles. The van der Waals surface area contributed by atoms with Gasteiger partial charge in [0, 0.05) is 44.8 Å². The molecule has 2 aliphatic rings. The molecule has 60 heavy (non-hydrogen) atoms. The first-order chi connectivity index (χ1) is 29.8. The van der Waals surface area contributed by atoms with Crippen LogP contribution in [-0.4, -0.2) is 25.6 Å². The number of allylic oxidation sites excluding steroid dienone is 2. The molecule has 2 aromatic heterocycles. The van der Waals surface area contributed by atoms with Gasteiger partial charge >= 0.3 is 0 Å². The number of anilines is 2. The molecule has 5 heteroatoms. The van der Waals surface area contributed by atoms with Crippen LogP contribution in [0.15, 0.2) is 212 Å². The van der Waals surface area contributed by atoms with E-state index in [4.69, 9.17) is 15.0 Å². The maximum Gasteiger partial charge on any atom is 0.238 e. The first-order valence-corrected chi connectivity index (χ1v) is 20.5. The van der Waals surface area contributed by atoms with Gasteiger partial charge in [-0.05, 0) is 63.4 Å². The normalized spacial score (nSPS) is 15.5. The summed E-state index contributed by atoms with van der Waals surface area (Å²) < 4.78 is 2.26. The molecule has 0 amide bonds. The van der Waals surface area contributed by atoms with Crippen molar-refractivity contribution in [2.45, 2.75) is 12.0 Å². The monoisotopic (exact) mass is 767 g/mol. The molecule has 8 aromatic carbocycles. The van der Waals surface area contributed by atoms with E-state index in [9.17, 15) is 0 Å². The lowest BCUT2D eigenvalue weighted by molar-refractivity contribution is 0.745. The maximum atomic E-state index is 5.34. The fraction of sp³-hybridized carbons (Fsp3) is 0.0364. The summed E-state index contributed by atoms with van der Waals surface area (Å²) in [5, 5.41) is 4.64. The quantitative estimate of drug-likeness (QED) is 0.169. The third kappa shape index (κ3) is 5.51. The fourth-order valence-corrected chi connectivity index (χ4v) is 9.42. The molecule has 0 N–H and O–H groups in total. The van der Waals surface area contributed by atoms with E-state index in [2.05, 4.69) is 198 Å². The number of benzene rings is 8. The molecule has 12 rings (SSSR count). The van der Waals surface area contributed by atoms with Crippen LogP contribution in [0.4, 0.5) is 11.4 Å². The highest BCUT2D eigenvalue weighted by molar-refractivity contribution is 6.21. The molecule has 282 valence electrons. The Morgan fingerprint density at radius 1 is 0.433 bits per heavy atom. The van der Waals surface area contributed by atoms with Crippen LogP contribution in [0.2, 0.25) is 0 Å². The molecule has 1 aliphatic carbocycles. The van der Waals surface area contributed by atoms with Crippen molar-refractivity contribution in [2.75, 3.05) is 4.90 Å². The van der Waals surface area contributed by atoms with Crippen LogP contribution in [0.3, 0.4) is 0 Å². The third-order valence-electron chi connectivity index (χ3n) is 12.2. The SMILES string of the molecule is C1=CC2c3ccccc3N(c3ccc(-c4c5ccccc5cc5c6ccccc6n(-c6nc(-c7ccccc7)nc(-c7ccc(-c8ccccc8)cc7)n6)c45)cc3)C2C=C1. The molecule has 0 fully saturated rings. The molecule has 1 aliphatic heterocycles. The number of rotatable bonds is 6. The van der Waals surface area contributed by atoms with Crippen molar-refractivity contribution in [1.29, 1.82) is 0 Å². The summed E-state index contributed by atoms with van der Waals surface area (Å²) in [4.78, 5) is 18.2. The second-order valence-corrected chi connectivity index (χ2v) is 15.6. The summed E-state index contributed by atoms with van der Waals surface area (Å²) >= 11 is 0. The minimum Gasteiger partial charge on any atom is -0.333 e. The molecular weight excluding hydrogens is 731 g/mol. The largest absolute Gasteiger partial charge is 0.333 e. The Balaban J connectivity index is 1.08. The molecule has 0 bridgehead atoms. The van der Waals surface area contributed by atoms with Gasteiger partial charge in [-0.25, -0.2) is 4.98 Å². The van der Waals surface area contributed by atoms with Crippen LogP contribution in [0.1, 0.15) is 11.5 Å². The molecule has 5 nitrogen and oxygen atoms in total. The maximum absolute atomic E-state index is 5.34. The summed E-state index contributed by atoms with van der Waals surface area (Å²) in [6.45, 7) is 0. The topological polar surface area (TPSA) is 46.8 Å². The number of para-hydroxylation sites is 2. The lowest BCUT2D eigenvalue weighted by atomic mass is 9.91. The van der Waals surface area contributed by atoms with E-state index in [1.807, 2.05) is 24.3 Å². The summed E-state index contributed by atoms with van der Waals surface area (Å²) in [5.41, 5.74) is 12.3. The number of hydrogen-bond donors (Lipinski definition) is 0. The van der Waals surface area contributed by atoms with Crippen molar-refractivity contribution in [3.63, 3.8) is 0 Å². The van der Waals surface area contributed by atoms with Gasteiger partial charge in [-0.2, -0.15) is 9.97 Å². The Morgan fingerprint density at radius 3 is 1.80 bits per heavy atom. The molecule has 10 aromatic rings. The minimum absolute atomic E-state index is 0.233. The van der Waals surface area contributed by atoms with Gasteiger partial charge in [0.05, 0.1) is 17.1 Å². The van der Waals surface area contributed by atoms with Gasteiger partial charge in [-0.3, -0.25) is 4.57 Å². The molecule has 3 heterocycles. The van der Waals surface area contributed by atoms with E-state index in [1.165, 1.54) is 33.3 Å². The van der Waals surface area contributed by atoms with Gasteiger partial charge in [-0.15, -0.1) is 0 Å². The third-order valence-corrected chi connectivity index (χ3v) is 12.2. The van der Waals surface area contributed by atoms with Gasteiger partial charge in [0.25, 0.3) is 0 Å². The zero-order valence-electron chi connectivity index (χ0n) is 32.6. The Morgan fingerprint density at radius 2 is 1.02 bits per heavy atom. The van der Waals surface area contributed by atoms with E-state index in [0.29, 0.717) is 23.5 Å². The predicted molar refractivity (Wildman–Crippen MR) is 247 cm³/mol. The second-order valence-electron chi connectivity index (χ2n) is 15.6. The number of hydrogen-bond acceptors (Lipinski definition) is 4. The standard InChI is InChI=1S/C55H37N5/c1-3-15-36(16-4-1)37-27-29-40(30-28-37)54-56-53(39-17-5-2-6-18-39)57-55(58-54)60-50-26-14-11-23-46(50)47-35-41-19-7-8-20-43(41)51(52(47)60)38-31-33-42(34-32-38)59-48-24-12-9-21-44(48)45-22-10-13-25-49(45)59/h1-35,44,48H. The van der Waals surface area contributed by atoms with Crippen molar-refractivity contribution in [1.82, 2.24) is 19.5 Å². The van der Waals surface area contributed by atoms with E-state index in [0.717, 1.165) is 49.6 Å². The first-order valence-electron chi connectivity index (χ1n) is 20.5. The number of aromatic nitrogens is 4. The molecule has 2 atom stereocenters. The summed E-state index contributed by atoms with van der Waals surface area (Å²) in [7, 11) is 0. The van der Waals surface area contributed by atoms with E-state index < -0.39 is 0 Å². The first kappa shape index (κ1) is 34.2. The average molecular weight is 768 g/mol. The van der Waals surface area contributed by atoms with Crippen molar-refractivity contribution < 1.29 is 0 Å². The summed E-state index contributed by atoms with van der Waals surface area (Å²) in [6, 6.07) is 67.0. The zero-order chi connectivity index (χ0) is 39.6. The lowest BCUT2D eigenvalue weighted by Gasteiger charge is -2.29. The van der Waals surface area contributed by atoms with Gasteiger partial charge in [0.15, 0.2) is 11.6 Å². The van der Waals surface area contributed by atoms with Crippen LogP contribution in [0.25, 0.3) is 83.6 Å². The average Bonchev–Trinajstić information content (AvgIpc) is 3.84. The Labute approximate surface area is 347 Å². The van der Waals surface area contributed by atoms with E-state index in [-0.39, 0.29) is 6.04 Å². The summed E-state index contributed by atoms with van der Waals surface area (Å²) in [6.07, 6.45) is 9.01. The Kier molecular flexibility index (Phi) is 7.91. The van der Waals surface area contributed by atoms with Crippen molar-refractivity contribution >= 4 is 44.0 Å². The van der Waals surface area contributed by atoms with Gasteiger partial charge < -0.3 is 4.90 Å². The number of nitrogens with zero attached hydrogens (tertiary/aromatic N) is 5. The minimum atomic E-state index is 0.233. The smallest absolute Gasteiger partial charge is 0.238 e. The van der Waals surface area contributed by atoms with Gasteiger partial charge in [-0.1, -0.05) is 182 Å². The number of fused-ring (bicyclic) bond motifs is 7. The van der Waals surface area contributed by atoms with Crippen LogP contribution >= 0.6 is 0 Å². The van der Waals surface area contributed by atoms with Crippen LogP contribution < -0.4 is 4.90 Å². The Bertz CT molecular complexity index is 3310. The van der Waals surface area contributed by atoms with Crippen LogP contribution in [0, 0.1) is 0 Å². The van der Waals surface area contributed by atoms with Gasteiger partial charge in [0.1, 0.15) is 0 Å². The predicted octanol–water partition coefficient (Wildman–Crippen LogP) is 13.5. The van der Waals surface area contributed by atoms with Gasteiger partial charge in [0.2, 0.25) is 5.95 Å². The second kappa shape index (κ2) is 13.9. The van der Waals surface area contributed by atoms with E-state index in [1.54, 1.807) is 0 Å². The molecule has 0 radical (unpaired) electrons. The highest BCUT2D eigenvalue weighted by Gasteiger charge is 2.37.